The number of ether oxygens (including phenoxy) is 2. The summed E-state index contributed by atoms with van der Waals surface area (Å²) < 4.78 is 28.3. The zero-order chi connectivity index (χ0) is 26.9. The van der Waals surface area contributed by atoms with Crippen LogP contribution >= 0.6 is 23.2 Å². The molecule has 3 aliphatic rings. The van der Waals surface area contributed by atoms with E-state index in [0.29, 0.717) is 46.3 Å². The summed E-state index contributed by atoms with van der Waals surface area (Å²) in [6, 6.07) is 13.1. The zero-order valence-corrected chi connectivity index (χ0v) is 22.0. The number of primary amides is 1. The third kappa shape index (κ3) is 3.98. The van der Waals surface area contributed by atoms with Gasteiger partial charge in [0.2, 0.25) is 5.91 Å². The van der Waals surface area contributed by atoms with Crippen LogP contribution in [0, 0.1) is 11.2 Å². The van der Waals surface area contributed by atoms with Crippen LogP contribution in [0.15, 0.2) is 54.7 Å². The van der Waals surface area contributed by atoms with Gasteiger partial charge in [0.1, 0.15) is 11.4 Å². The average molecular weight is 556 g/mol. The molecule has 6 rings (SSSR count). The van der Waals surface area contributed by atoms with Crippen LogP contribution in [0.25, 0.3) is 0 Å². The lowest BCUT2D eigenvalue weighted by Gasteiger charge is -2.40. The average Bonchev–Trinajstić information content (AvgIpc) is 3.82. The van der Waals surface area contributed by atoms with Crippen LogP contribution in [0.4, 0.5) is 4.39 Å². The van der Waals surface area contributed by atoms with E-state index in [2.05, 4.69) is 4.98 Å². The molecule has 2 aliphatic heterocycles. The van der Waals surface area contributed by atoms with Gasteiger partial charge < -0.3 is 15.2 Å². The highest BCUT2D eigenvalue weighted by Crippen LogP contribution is 2.53. The SMILES string of the molecule is CC1(c2cc(F)c3c(c2)C(=O)N(Cc2ccc(Cl)cn2)[C@@]3(OCC2(C(N)=O)CC2)c2ccc(Cl)cc2)CO1. The Morgan fingerprint density at radius 3 is 2.39 bits per heavy atom. The Balaban J connectivity index is 1.56. The lowest BCUT2D eigenvalue weighted by molar-refractivity contribution is -0.142. The number of hydrogen-bond acceptors (Lipinski definition) is 5. The summed E-state index contributed by atoms with van der Waals surface area (Å²) >= 11 is 12.2. The number of halogens is 3. The normalized spacial score (nSPS) is 24.8. The van der Waals surface area contributed by atoms with Gasteiger partial charge in [0.15, 0.2) is 5.72 Å². The minimum Gasteiger partial charge on any atom is -0.369 e. The molecule has 0 bridgehead atoms. The second-order valence-corrected chi connectivity index (χ2v) is 11.2. The predicted molar refractivity (Wildman–Crippen MR) is 138 cm³/mol. The van der Waals surface area contributed by atoms with Crippen molar-refractivity contribution in [3.8, 4) is 0 Å². The molecule has 2 amide bonds. The van der Waals surface area contributed by atoms with E-state index in [-0.39, 0.29) is 24.3 Å². The predicted octanol–water partition coefficient (Wildman–Crippen LogP) is 4.91. The summed E-state index contributed by atoms with van der Waals surface area (Å²) in [6.07, 6.45) is 2.58. The summed E-state index contributed by atoms with van der Waals surface area (Å²) in [5.74, 6) is -1.55. The third-order valence-corrected chi connectivity index (χ3v) is 8.23. The zero-order valence-electron chi connectivity index (χ0n) is 20.5. The summed E-state index contributed by atoms with van der Waals surface area (Å²) in [7, 11) is 0. The fourth-order valence-corrected chi connectivity index (χ4v) is 5.27. The van der Waals surface area contributed by atoms with Gasteiger partial charge in [-0.15, -0.1) is 0 Å². The molecular formula is C28H24Cl2FN3O4. The molecule has 2 fully saturated rings. The van der Waals surface area contributed by atoms with Gasteiger partial charge in [0, 0.05) is 16.8 Å². The molecule has 10 heteroatoms. The van der Waals surface area contributed by atoms with E-state index in [0.717, 1.165) is 0 Å². The van der Waals surface area contributed by atoms with Gasteiger partial charge in [-0.3, -0.25) is 19.5 Å². The molecule has 0 radical (unpaired) electrons. The maximum atomic E-state index is 16.2. The number of nitrogens with zero attached hydrogens (tertiary/aromatic N) is 2. The Hall–Kier alpha value is -3.04. The topological polar surface area (TPSA) is 98.1 Å². The number of pyridine rings is 1. The molecule has 3 heterocycles. The number of aromatic nitrogens is 1. The van der Waals surface area contributed by atoms with Crippen LogP contribution in [0.3, 0.4) is 0 Å². The van der Waals surface area contributed by atoms with Crippen LogP contribution in [-0.2, 0) is 32.1 Å². The van der Waals surface area contributed by atoms with E-state index < -0.39 is 34.4 Å². The van der Waals surface area contributed by atoms with Crippen LogP contribution in [0.2, 0.25) is 10.0 Å². The van der Waals surface area contributed by atoms with E-state index >= 15 is 4.39 Å². The van der Waals surface area contributed by atoms with Crippen LogP contribution in [0.1, 0.15) is 52.5 Å². The van der Waals surface area contributed by atoms with Gasteiger partial charge >= 0.3 is 0 Å². The fourth-order valence-electron chi connectivity index (χ4n) is 5.03. The molecule has 1 saturated heterocycles. The molecular weight excluding hydrogens is 532 g/mol. The van der Waals surface area contributed by atoms with Crippen LogP contribution in [0.5, 0.6) is 0 Å². The summed E-state index contributed by atoms with van der Waals surface area (Å²) in [5.41, 5.74) is 4.23. The van der Waals surface area contributed by atoms with Gasteiger partial charge in [-0.05, 0) is 61.7 Å². The van der Waals surface area contributed by atoms with Crippen molar-refractivity contribution >= 4 is 35.0 Å². The first kappa shape index (κ1) is 25.2. The minimum atomic E-state index is -1.71. The lowest BCUT2D eigenvalue weighted by Crippen LogP contribution is -2.48. The molecule has 2 aromatic carbocycles. The van der Waals surface area contributed by atoms with Gasteiger partial charge in [-0.1, -0.05) is 35.3 Å². The van der Waals surface area contributed by atoms with Gasteiger partial charge in [-0.25, -0.2) is 4.39 Å². The molecule has 7 nitrogen and oxygen atoms in total. The van der Waals surface area contributed by atoms with E-state index in [9.17, 15) is 9.59 Å². The maximum Gasteiger partial charge on any atom is 0.257 e. The number of amides is 2. The van der Waals surface area contributed by atoms with Crippen LogP contribution in [-0.4, -0.2) is 34.9 Å². The highest BCUT2D eigenvalue weighted by Gasteiger charge is 2.58. The molecule has 1 saturated carbocycles. The number of epoxide rings is 1. The van der Waals surface area contributed by atoms with E-state index in [1.807, 2.05) is 6.92 Å². The van der Waals surface area contributed by atoms with Crippen molar-refractivity contribution in [3.05, 3.63) is 98.5 Å². The van der Waals surface area contributed by atoms with Crippen molar-refractivity contribution in [1.82, 2.24) is 9.88 Å². The smallest absolute Gasteiger partial charge is 0.257 e. The minimum absolute atomic E-state index is 0.0145. The Kier molecular flexibility index (Phi) is 5.81. The molecule has 196 valence electrons. The second-order valence-electron chi connectivity index (χ2n) is 10.3. The number of nitrogens with two attached hydrogens (primary N) is 1. The molecule has 2 atom stereocenters. The van der Waals surface area contributed by atoms with Gasteiger partial charge in [0.25, 0.3) is 5.91 Å². The lowest BCUT2D eigenvalue weighted by atomic mass is 9.89. The Bertz CT molecular complexity index is 1460. The monoisotopic (exact) mass is 555 g/mol. The molecule has 1 aliphatic carbocycles. The Morgan fingerprint density at radius 2 is 1.82 bits per heavy atom. The fraction of sp³-hybridized carbons (Fsp3) is 0.321. The second kappa shape index (κ2) is 8.74. The molecule has 1 unspecified atom stereocenters. The molecule has 0 spiro atoms. The number of fused-ring (bicyclic) bond motifs is 1. The highest BCUT2D eigenvalue weighted by atomic mass is 35.5. The molecule has 38 heavy (non-hydrogen) atoms. The van der Waals surface area contributed by atoms with Crippen molar-refractivity contribution in [1.29, 1.82) is 0 Å². The van der Waals surface area contributed by atoms with Crippen molar-refractivity contribution < 1.29 is 23.5 Å². The maximum absolute atomic E-state index is 16.2. The number of rotatable bonds is 8. The first-order valence-electron chi connectivity index (χ1n) is 12.2. The summed E-state index contributed by atoms with van der Waals surface area (Å²) in [4.78, 5) is 32.2. The largest absolute Gasteiger partial charge is 0.369 e. The first-order chi connectivity index (χ1) is 18.1. The van der Waals surface area contributed by atoms with Crippen molar-refractivity contribution in [3.63, 3.8) is 0 Å². The van der Waals surface area contributed by atoms with E-state index in [4.69, 9.17) is 38.4 Å². The first-order valence-corrected chi connectivity index (χ1v) is 12.9. The Labute approximate surface area is 228 Å². The van der Waals surface area contributed by atoms with Crippen molar-refractivity contribution in [2.75, 3.05) is 13.2 Å². The Morgan fingerprint density at radius 1 is 1.13 bits per heavy atom. The van der Waals surface area contributed by atoms with Crippen molar-refractivity contribution in [2.45, 2.75) is 37.6 Å². The molecule has 3 aromatic rings. The van der Waals surface area contributed by atoms with E-state index in [1.54, 1.807) is 42.5 Å². The number of carbonyl (C=O) groups is 2. The highest BCUT2D eigenvalue weighted by molar-refractivity contribution is 6.30. The number of carbonyl (C=O) groups excluding carboxylic acids is 2. The summed E-state index contributed by atoms with van der Waals surface area (Å²) in [6.45, 7) is 2.16. The molecule has 2 N–H and O–H groups in total. The summed E-state index contributed by atoms with van der Waals surface area (Å²) in [5, 5.41) is 0.903. The van der Waals surface area contributed by atoms with Gasteiger partial charge in [-0.2, -0.15) is 0 Å². The standard InChI is InChI=1S/C28H24Cl2FN3O4/c1-26(14-37-26)17-10-21-23(22(31)11-17)28(16-2-4-18(29)5-3-16,38-15-27(8-9-27)25(32)36)34(24(21)35)13-20-7-6-19(30)12-33-20/h2-7,10-12H,8-9,13-15H2,1H3,(H2,32,36)/t26?,28-/m1/s1. The number of hydrogen-bond donors (Lipinski definition) is 1. The quantitative estimate of drug-likeness (QED) is 0.398. The van der Waals surface area contributed by atoms with Crippen molar-refractivity contribution in [2.24, 2.45) is 11.1 Å². The van der Waals surface area contributed by atoms with Crippen LogP contribution < -0.4 is 5.73 Å². The third-order valence-electron chi connectivity index (χ3n) is 7.75. The van der Waals surface area contributed by atoms with Gasteiger partial charge in [0.05, 0.1) is 47.0 Å². The van der Waals surface area contributed by atoms with E-state index in [1.165, 1.54) is 17.2 Å². The number of benzene rings is 2. The molecule has 1 aromatic heterocycles.